The molecular formula is C18H24N2. The lowest BCUT2D eigenvalue weighted by Gasteiger charge is -2.25. The molecule has 0 heterocycles. The average Bonchev–Trinajstić information content (AvgIpc) is 3.23. The highest BCUT2D eigenvalue weighted by molar-refractivity contribution is 5.83. The normalized spacial score (nSPS) is 20.6. The van der Waals surface area contributed by atoms with Gasteiger partial charge in [0.2, 0.25) is 0 Å². The molecule has 2 rings (SSSR count). The van der Waals surface area contributed by atoms with Crippen LogP contribution in [-0.4, -0.2) is 12.3 Å². The molecule has 0 aromatic heterocycles. The summed E-state index contributed by atoms with van der Waals surface area (Å²) in [4.78, 5) is 0. The maximum absolute atomic E-state index is 7.55. The van der Waals surface area contributed by atoms with Crippen molar-refractivity contribution in [3.05, 3.63) is 60.4 Å². The second kappa shape index (κ2) is 7.09. The minimum Gasteiger partial charge on any atom is -0.388 e. The van der Waals surface area contributed by atoms with E-state index in [1.54, 1.807) is 6.08 Å². The number of allylic oxidation sites excluding steroid dienone is 7. The molecule has 2 heteroatoms. The summed E-state index contributed by atoms with van der Waals surface area (Å²) in [5.41, 5.74) is 3.04. The first-order valence-electron chi connectivity index (χ1n) is 7.41. The lowest BCUT2D eigenvalue weighted by atomic mass is 9.93. The Morgan fingerprint density at radius 1 is 1.15 bits per heavy atom. The van der Waals surface area contributed by atoms with Crippen LogP contribution < -0.4 is 5.32 Å². The number of hydrogen-bond acceptors (Lipinski definition) is 2. The van der Waals surface area contributed by atoms with Crippen molar-refractivity contribution in [1.82, 2.24) is 5.32 Å². The molecule has 2 aliphatic rings. The van der Waals surface area contributed by atoms with Crippen molar-refractivity contribution in [2.45, 2.75) is 38.1 Å². The molecule has 0 atom stereocenters. The van der Waals surface area contributed by atoms with Crippen LogP contribution in [-0.2, 0) is 0 Å². The fourth-order valence-corrected chi connectivity index (χ4v) is 2.14. The van der Waals surface area contributed by atoms with Crippen molar-refractivity contribution < 1.29 is 0 Å². The first-order valence-corrected chi connectivity index (χ1v) is 7.41. The molecule has 2 nitrogen and oxygen atoms in total. The van der Waals surface area contributed by atoms with E-state index in [-0.39, 0.29) is 0 Å². The first kappa shape index (κ1) is 14.6. The van der Waals surface area contributed by atoms with E-state index in [2.05, 4.69) is 24.6 Å². The van der Waals surface area contributed by atoms with Gasteiger partial charge in [0.15, 0.2) is 0 Å². The van der Waals surface area contributed by atoms with E-state index in [1.165, 1.54) is 43.9 Å². The van der Waals surface area contributed by atoms with Gasteiger partial charge in [0, 0.05) is 24.0 Å². The van der Waals surface area contributed by atoms with Crippen LogP contribution in [0.4, 0.5) is 0 Å². The Bertz CT molecular complexity index is 472. The van der Waals surface area contributed by atoms with E-state index in [4.69, 9.17) is 5.41 Å². The smallest absolute Gasteiger partial charge is 0.0270 e. The Morgan fingerprint density at radius 2 is 1.90 bits per heavy atom. The Hall–Kier alpha value is -1.83. The van der Waals surface area contributed by atoms with Gasteiger partial charge in [-0.15, -0.1) is 0 Å². The molecule has 2 saturated carbocycles. The van der Waals surface area contributed by atoms with Gasteiger partial charge in [-0.3, -0.25) is 0 Å². The highest BCUT2D eigenvalue weighted by Crippen LogP contribution is 2.35. The van der Waals surface area contributed by atoms with Crippen molar-refractivity contribution in [1.29, 1.82) is 5.41 Å². The molecule has 20 heavy (non-hydrogen) atoms. The molecular weight excluding hydrogens is 244 g/mol. The van der Waals surface area contributed by atoms with Crippen LogP contribution in [0.2, 0.25) is 0 Å². The van der Waals surface area contributed by atoms with Gasteiger partial charge in [0.05, 0.1) is 0 Å². The Labute approximate surface area is 122 Å². The predicted molar refractivity (Wildman–Crippen MR) is 86.9 cm³/mol. The number of nitrogens with one attached hydrogen (secondary N) is 2. The summed E-state index contributed by atoms with van der Waals surface area (Å²) in [6, 6.07) is 0.584. The number of hydrogen-bond donors (Lipinski definition) is 2. The summed E-state index contributed by atoms with van der Waals surface area (Å²) in [5.74, 6) is 0.699. The third-order valence-electron chi connectivity index (χ3n) is 3.98. The van der Waals surface area contributed by atoms with E-state index in [9.17, 15) is 0 Å². The van der Waals surface area contributed by atoms with E-state index >= 15 is 0 Å². The maximum atomic E-state index is 7.55. The standard InChI is InChI=1S/C18H24N2/c1-3-15(7-4-6-14(2)16-10-11-16)17(12-19)13-20-18-8-5-9-18/h3-4,6-7,12-13,16,18-20H,1-2,5,8-11H2/b6-4-,15-7+,17-13+,19-12?. The van der Waals surface area contributed by atoms with Crippen LogP contribution in [0.15, 0.2) is 60.4 Å². The summed E-state index contributed by atoms with van der Waals surface area (Å²) in [5, 5.41) is 10.9. The summed E-state index contributed by atoms with van der Waals surface area (Å²) in [6.07, 6.45) is 17.5. The second-order valence-corrected chi connectivity index (χ2v) is 5.57. The summed E-state index contributed by atoms with van der Waals surface area (Å²) < 4.78 is 0. The molecule has 0 saturated heterocycles. The van der Waals surface area contributed by atoms with Crippen LogP contribution >= 0.6 is 0 Å². The molecule has 2 N–H and O–H groups in total. The highest BCUT2D eigenvalue weighted by Gasteiger charge is 2.22. The fourth-order valence-electron chi connectivity index (χ4n) is 2.14. The predicted octanol–water partition coefficient (Wildman–Crippen LogP) is 4.30. The SMILES string of the molecule is C=CC(=C\C=C/C(=C)C1CC1)/C(C=N)=C/NC1CCC1. The second-order valence-electron chi connectivity index (χ2n) is 5.57. The van der Waals surface area contributed by atoms with Gasteiger partial charge in [0.1, 0.15) is 0 Å². The summed E-state index contributed by atoms with van der Waals surface area (Å²) in [7, 11) is 0. The van der Waals surface area contributed by atoms with Gasteiger partial charge in [-0.25, -0.2) is 0 Å². The monoisotopic (exact) mass is 268 g/mol. The van der Waals surface area contributed by atoms with Gasteiger partial charge < -0.3 is 10.7 Å². The number of rotatable bonds is 8. The zero-order chi connectivity index (χ0) is 14.4. The van der Waals surface area contributed by atoms with Crippen LogP contribution in [0.3, 0.4) is 0 Å². The molecule has 0 amide bonds. The molecule has 2 aliphatic carbocycles. The molecule has 106 valence electrons. The minimum absolute atomic E-state index is 0.584. The van der Waals surface area contributed by atoms with E-state index < -0.39 is 0 Å². The molecule has 0 radical (unpaired) electrons. The van der Waals surface area contributed by atoms with Gasteiger partial charge in [0.25, 0.3) is 0 Å². The largest absolute Gasteiger partial charge is 0.388 e. The van der Waals surface area contributed by atoms with Crippen LogP contribution in [0.25, 0.3) is 0 Å². The lowest BCUT2D eigenvalue weighted by molar-refractivity contribution is 0.372. The van der Waals surface area contributed by atoms with E-state index in [0.717, 1.165) is 11.1 Å². The topological polar surface area (TPSA) is 35.9 Å². The van der Waals surface area contributed by atoms with Crippen molar-refractivity contribution in [2.24, 2.45) is 5.92 Å². The van der Waals surface area contributed by atoms with Crippen LogP contribution in [0.5, 0.6) is 0 Å². The summed E-state index contributed by atoms with van der Waals surface area (Å²) in [6.45, 7) is 7.91. The van der Waals surface area contributed by atoms with E-state index in [0.29, 0.717) is 12.0 Å². The van der Waals surface area contributed by atoms with Crippen molar-refractivity contribution in [2.75, 3.05) is 0 Å². The first-order chi connectivity index (χ1) is 9.74. The molecule has 0 aromatic carbocycles. The fraction of sp³-hybridized carbons (Fsp3) is 0.389. The van der Waals surface area contributed by atoms with Crippen LogP contribution in [0, 0.1) is 11.3 Å². The van der Waals surface area contributed by atoms with Gasteiger partial charge in [-0.1, -0.05) is 43.0 Å². The quantitative estimate of drug-likeness (QED) is 0.500. The van der Waals surface area contributed by atoms with Crippen molar-refractivity contribution in [3.8, 4) is 0 Å². The minimum atomic E-state index is 0.584. The molecule has 0 aliphatic heterocycles. The molecule has 0 spiro atoms. The molecule has 2 fully saturated rings. The Balaban J connectivity index is 1.97. The molecule has 0 unspecified atom stereocenters. The van der Waals surface area contributed by atoms with Crippen molar-refractivity contribution >= 4 is 6.21 Å². The third-order valence-corrected chi connectivity index (χ3v) is 3.98. The third kappa shape index (κ3) is 4.09. The maximum Gasteiger partial charge on any atom is 0.0270 e. The molecule has 0 aromatic rings. The zero-order valence-electron chi connectivity index (χ0n) is 12.1. The lowest BCUT2D eigenvalue weighted by Crippen LogP contribution is -2.31. The Morgan fingerprint density at radius 3 is 2.40 bits per heavy atom. The zero-order valence-corrected chi connectivity index (χ0v) is 12.1. The van der Waals surface area contributed by atoms with Gasteiger partial charge in [-0.05, 0) is 43.6 Å². The van der Waals surface area contributed by atoms with Gasteiger partial charge in [-0.2, -0.15) is 0 Å². The van der Waals surface area contributed by atoms with Crippen LogP contribution in [0.1, 0.15) is 32.1 Å². The van der Waals surface area contributed by atoms with Crippen molar-refractivity contribution in [3.63, 3.8) is 0 Å². The van der Waals surface area contributed by atoms with Gasteiger partial charge >= 0.3 is 0 Å². The summed E-state index contributed by atoms with van der Waals surface area (Å²) >= 11 is 0. The molecule has 0 bridgehead atoms. The Kier molecular flexibility index (Phi) is 5.16. The average molecular weight is 268 g/mol. The highest BCUT2D eigenvalue weighted by atomic mass is 14.9. The van der Waals surface area contributed by atoms with E-state index in [1.807, 2.05) is 18.4 Å².